The van der Waals surface area contributed by atoms with Gasteiger partial charge in [0.2, 0.25) is 0 Å². The fourth-order valence-electron chi connectivity index (χ4n) is 2.61. The minimum absolute atomic E-state index is 0.152. The minimum Gasteiger partial charge on any atom is -0.345 e. The molecule has 1 amide bonds. The molecule has 132 valence electrons. The number of carbonyl (C=O) groups is 1. The van der Waals surface area contributed by atoms with Crippen molar-refractivity contribution in [2.45, 2.75) is 25.8 Å². The van der Waals surface area contributed by atoms with Crippen molar-refractivity contribution < 1.29 is 9.72 Å². The number of amides is 1. The van der Waals surface area contributed by atoms with Gasteiger partial charge >= 0.3 is 0 Å². The molecule has 2 aromatic carbocycles. The second kappa shape index (κ2) is 9.14. The van der Waals surface area contributed by atoms with Crippen LogP contribution in [0.1, 0.15) is 36.9 Å². The first-order chi connectivity index (χ1) is 12.6. The Labute approximate surface area is 151 Å². The number of benzene rings is 2. The summed E-state index contributed by atoms with van der Waals surface area (Å²) in [5.41, 5.74) is 0.846. The van der Waals surface area contributed by atoms with Crippen LogP contribution >= 0.6 is 0 Å². The zero-order chi connectivity index (χ0) is 18.9. The Hall–Kier alpha value is -3.46. The molecule has 0 aliphatic rings. The van der Waals surface area contributed by atoms with Gasteiger partial charge in [0, 0.05) is 6.07 Å². The molecule has 0 aliphatic carbocycles. The van der Waals surface area contributed by atoms with Crippen molar-refractivity contribution >= 4 is 17.7 Å². The predicted octanol–water partition coefficient (Wildman–Crippen LogP) is 4.16. The summed E-state index contributed by atoms with van der Waals surface area (Å²) in [6.45, 7) is 2.01. The summed E-state index contributed by atoms with van der Waals surface area (Å²) in [6.07, 6.45) is 2.83. The van der Waals surface area contributed by atoms with E-state index in [1.807, 2.05) is 43.3 Å². The molecule has 2 aromatic rings. The van der Waals surface area contributed by atoms with Gasteiger partial charge in [-0.25, -0.2) is 0 Å². The molecule has 0 aromatic heterocycles. The van der Waals surface area contributed by atoms with Crippen molar-refractivity contribution in [3.63, 3.8) is 0 Å². The molecule has 2 rings (SSSR count). The minimum atomic E-state index is -0.548. The molecule has 1 atom stereocenters. The number of para-hydroxylation sites is 1. The second-order valence-corrected chi connectivity index (χ2v) is 5.71. The zero-order valence-corrected chi connectivity index (χ0v) is 14.4. The maximum absolute atomic E-state index is 12.5. The molecule has 0 spiro atoms. The quantitative estimate of drug-likeness (QED) is 0.351. The highest BCUT2D eigenvalue weighted by Gasteiger charge is 2.18. The molecule has 0 aliphatic heterocycles. The van der Waals surface area contributed by atoms with Crippen molar-refractivity contribution in [2.24, 2.45) is 0 Å². The predicted molar refractivity (Wildman–Crippen MR) is 98.9 cm³/mol. The molecule has 0 fully saturated rings. The van der Waals surface area contributed by atoms with Crippen LogP contribution in [0, 0.1) is 21.4 Å². The molecule has 26 heavy (non-hydrogen) atoms. The van der Waals surface area contributed by atoms with Gasteiger partial charge in [0.15, 0.2) is 0 Å². The van der Waals surface area contributed by atoms with Gasteiger partial charge in [-0.1, -0.05) is 55.8 Å². The number of hydrogen-bond acceptors (Lipinski definition) is 4. The van der Waals surface area contributed by atoms with Crippen molar-refractivity contribution in [1.29, 1.82) is 5.26 Å². The molecule has 1 N–H and O–H groups in total. The smallest absolute Gasteiger partial charge is 0.276 e. The van der Waals surface area contributed by atoms with Crippen LogP contribution < -0.4 is 5.32 Å². The standard InChI is InChI=1S/C20H19N3O3/c1-2-8-18(15-9-4-3-5-10-15)22-20(24)17(14-21)13-16-11-6-7-12-19(16)23(25)26/h3-7,9-13,18H,2,8H2,1H3,(H,22,24)/b17-13+/t18-/m0/s1. The van der Waals surface area contributed by atoms with Gasteiger partial charge < -0.3 is 5.32 Å². The van der Waals surface area contributed by atoms with Crippen LogP contribution in [0.4, 0.5) is 5.69 Å². The van der Waals surface area contributed by atoms with Crippen molar-refractivity contribution in [3.8, 4) is 6.07 Å². The van der Waals surface area contributed by atoms with Crippen LogP contribution in [0.3, 0.4) is 0 Å². The van der Waals surface area contributed by atoms with Gasteiger partial charge in [-0.2, -0.15) is 5.26 Å². The van der Waals surface area contributed by atoms with Gasteiger partial charge in [0.1, 0.15) is 11.6 Å². The van der Waals surface area contributed by atoms with E-state index in [1.165, 1.54) is 24.3 Å². The number of nitrogens with zero attached hydrogens (tertiary/aromatic N) is 2. The van der Waals surface area contributed by atoms with Crippen molar-refractivity contribution in [3.05, 3.63) is 81.4 Å². The van der Waals surface area contributed by atoms with Gasteiger partial charge in [0.25, 0.3) is 11.6 Å². The summed E-state index contributed by atoms with van der Waals surface area (Å²) in [4.78, 5) is 23.1. The number of nitro benzene ring substituents is 1. The number of nitro groups is 1. The molecule has 0 heterocycles. The van der Waals surface area contributed by atoms with Crippen molar-refractivity contribution in [2.75, 3.05) is 0 Å². The maximum atomic E-state index is 12.5. The Bertz CT molecular complexity index is 854. The fourth-order valence-corrected chi connectivity index (χ4v) is 2.61. The highest BCUT2D eigenvalue weighted by Crippen LogP contribution is 2.22. The van der Waals surface area contributed by atoms with E-state index < -0.39 is 10.8 Å². The summed E-state index contributed by atoms with van der Waals surface area (Å²) in [5.74, 6) is -0.548. The Balaban J connectivity index is 2.28. The molecule has 6 heteroatoms. The topological polar surface area (TPSA) is 96.0 Å². The van der Waals surface area contributed by atoms with E-state index in [4.69, 9.17) is 0 Å². The van der Waals surface area contributed by atoms with E-state index >= 15 is 0 Å². The third-order valence-corrected chi connectivity index (χ3v) is 3.88. The van der Waals surface area contributed by atoms with E-state index in [2.05, 4.69) is 5.32 Å². The molecule has 6 nitrogen and oxygen atoms in total. The van der Waals surface area contributed by atoms with Crippen LogP contribution in [0.5, 0.6) is 0 Å². The summed E-state index contributed by atoms with van der Waals surface area (Å²) < 4.78 is 0. The number of rotatable bonds is 7. The van der Waals surface area contributed by atoms with E-state index in [1.54, 1.807) is 6.07 Å². The Kier molecular flexibility index (Phi) is 6.63. The SMILES string of the molecule is CCC[C@H](NC(=O)/C(C#N)=C/c1ccccc1[N+](=O)[O-])c1ccccc1. The molecule has 0 bridgehead atoms. The molecule has 0 saturated heterocycles. The molecule has 0 saturated carbocycles. The number of nitriles is 1. The normalized spacial score (nSPS) is 12.1. The average molecular weight is 349 g/mol. The first-order valence-corrected chi connectivity index (χ1v) is 8.27. The van der Waals surface area contributed by atoms with E-state index in [9.17, 15) is 20.2 Å². The lowest BCUT2D eigenvalue weighted by atomic mass is 10.0. The summed E-state index contributed by atoms with van der Waals surface area (Å²) >= 11 is 0. The lowest BCUT2D eigenvalue weighted by Gasteiger charge is -2.18. The third kappa shape index (κ3) is 4.77. The van der Waals surface area contributed by atoms with Crippen LogP contribution in [0.25, 0.3) is 6.08 Å². The van der Waals surface area contributed by atoms with Crippen LogP contribution in [-0.4, -0.2) is 10.8 Å². The Morgan fingerprint density at radius 2 is 1.88 bits per heavy atom. The molecular formula is C20H19N3O3. The van der Waals surface area contributed by atoms with Crippen LogP contribution in [0.15, 0.2) is 60.2 Å². The van der Waals surface area contributed by atoms with Gasteiger partial charge in [-0.3, -0.25) is 14.9 Å². The second-order valence-electron chi connectivity index (χ2n) is 5.71. The number of nitrogens with one attached hydrogen (secondary N) is 1. The number of carbonyl (C=O) groups excluding carboxylic acids is 1. The Morgan fingerprint density at radius 1 is 1.23 bits per heavy atom. The van der Waals surface area contributed by atoms with E-state index in [-0.39, 0.29) is 22.9 Å². The summed E-state index contributed by atoms with van der Waals surface area (Å²) in [7, 11) is 0. The van der Waals surface area contributed by atoms with Crippen LogP contribution in [-0.2, 0) is 4.79 Å². The lowest BCUT2D eigenvalue weighted by molar-refractivity contribution is -0.385. The Morgan fingerprint density at radius 3 is 2.50 bits per heavy atom. The summed E-state index contributed by atoms with van der Waals surface area (Å²) in [6, 6.07) is 17.1. The largest absolute Gasteiger partial charge is 0.345 e. The third-order valence-electron chi connectivity index (χ3n) is 3.88. The molecular weight excluding hydrogens is 330 g/mol. The maximum Gasteiger partial charge on any atom is 0.276 e. The van der Waals surface area contributed by atoms with Gasteiger partial charge in [-0.05, 0) is 24.1 Å². The highest BCUT2D eigenvalue weighted by molar-refractivity contribution is 6.02. The molecule has 0 radical (unpaired) electrons. The van der Waals surface area contributed by atoms with Gasteiger partial charge in [0.05, 0.1) is 16.5 Å². The van der Waals surface area contributed by atoms with E-state index in [0.717, 1.165) is 18.4 Å². The molecule has 0 unspecified atom stereocenters. The first-order valence-electron chi connectivity index (χ1n) is 8.27. The average Bonchev–Trinajstić information content (AvgIpc) is 2.66. The monoisotopic (exact) mass is 349 g/mol. The van der Waals surface area contributed by atoms with Crippen molar-refractivity contribution in [1.82, 2.24) is 5.32 Å². The fraction of sp³-hybridized carbons (Fsp3) is 0.200. The van der Waals surface area contributed by atoms with Crippen LogP contribution in [0.2, 0.25) is 0 Å². The van der Waals surface area contributed by atoms with Gasteiger partial charge in [-0.15, -0.1) is 0 Å². The zero-order valence-electron chi connectivity index (χ0n) is 14.4. The first kappa shape index (κ1) is 18.9. The lowest BCUT2D eigenvalue weighted by Crippen LogP contribution is -2.29. The highest BCUT2D eigenvalue weighted by atomic mass is 16.6. The number of hydrogen-bond donors (Lipinski definition) is 1. The summed E-state index contributed by atoms with van der Waals surface area (Å²) in [5, 5.41) is 23.3. The van der Waals surface area contributed by atoms with E-state index in [0.29, 0.717) is 0 Å².